The molecule has 0 radical (unpaired) electrons. The van der Waals surface area contributed by atoms with Crippen LogP contribution >= 0.6 is 0 Å². The summed E-state index contributed by atoms with van der Waals surface area (Å²) >= 11 is 0. The molecule has 11 heteroatoms. The summed E-state index contributed by atoms with van der Waals surface area (Å²) in [7, 11) is -4.10. The molecular weight excluding hydrogens is 462 g/mol. The number of piperazine rings is 1. The normalized spacial score (nSPS) is 15.2. The summed E-state index contributed by atoms with van der Waals surface area (Å²) in [5.74, 6) is -0.639. The second kappa shape index (κ2) is 8.73. The molecule has 2 aromatic heterocycles. The Hall–Kier alpha value is -3.44. The Morgan fingerprint density at radius 1 is 1.00 bits per heavy atom. The summed E-state index contributed by atoms with van der Waals surface area (Å²) in [5.41, 5.74) is 2.91. The second-order valence-corrected chi connectivity index (χ2v) is 10.0. The van der Waals surface area contributed by atoms with E-state index in [1.54, 1.807) is 4.52 Å². The van der Waals surface area contributed by atoms with Crippen molar-refractivity contribution in [2.45, 2.75) is 18.2 Å². The van der Waals surface area contributed by atoms with Gasteiger partial charge in [0, 0.05) is 49.9 Å². The number of hydrogen-bond acceptors (Lipinski definition) is 6. The third-order valence-corrected chi connectivity index (χ3v) is 7.91. The lowest BCUT2D eigenvalue weighted by Crippen LogP contribution is -2.49. The van der Waals surface area contributed by atoms with Crippen molar-refractivity contribution >= 4 is 21.6 Å². The van der Waals surface area contributed by atoms with Gasteiger partial charge in [-0.25, -0.2) is 22.2 Å². The van der Waals surface area contributed by atoms with Gasteiger partial charge < -0.3 is 4.90 Å². The van der Waals surface area contributed by atoms with Gasteiger partial charge in [-0.3, -0.25) is 0 Å². The second-order valence-electron chi connectivity index (χ2n) is 8.10. The van der Waals surface area contributed by atoms with Crippen LogP contribution in [0.25, 0.3) is 5.78 Å². The summed E-state index contributed by atoms with van der Waals surface area (Å²) in [6.45, 7) is 2.93. The number of rotatable bonds is 5. The maximum absolute atomic E-state index is 14.2. The highest BCUT2D eigenvalue weighted by molar-refractivity contribution is 7.89. The molecule has 0 unspecified atom stereocenters. The third kappa shape index (κ3) is 4.01. The van der Waals surface area contributed by atoms with Gasteiger partial charge in [0.1, 0.15) is 28.7 Å². The van der Waals surface area contributed by atoms with Gasteiger partial charge in [-0.05, 0) is 24.6 Å². The number of aromatic nitrogens is 4. The Morgan fingerprint density at radius 3 is 2.44 bits per heavy atom. The van der Waals surface area contributed by atoms with Crippen LogP contribution < -0.4 is 4.90 Å². The Labute approximate surface area is 195 Å². The number of halogens is 2. The molecule has 0 aliphatic carbocycles. The first-order valence-electron chi connectivity index (χ1n) is 10.8. The molecule has 0 spiro atoms. The molecule has 0 saturated carbocycles. The highest BCUT2D eigenvalue weighted by Gasteiger charge is 2.32. The smallest absolute Gasteiger partial charge is 0.254 e. The minimum atomic E-state index is -4.10. The summed E-state index contributed by atoms with van der Waals surface area (Å²) in [6.07, 6.45) is 2.07. The monoisotopic (exact) mass is 484 g/mol. The summed E-state index contributed by atoms with van der Waals surface area (Å²) < 4.78 is 56.4. The van der Waals surface area contributed by atoms with Crippen molar-refractivity contribution in [2.75, 3.05) is 31.1 Å². The van der Waals surface area contributed by atoms with E-state index in [4.69, 9.17) is 0 Å². The van der Waals surface area contributed by atoms with Crippen molar-refractivity contribution in [3.8, 4) is 0 Å². The zero-order valence-corrected chi connectivity index (χ0v) is 19.2. The zero-order chi connectivity index (χ0) is 23.9. The van der Waals surface area contributed by atoms with E-state index < -0.39 is 26.6 Å². The molecule has 0 amide bonds. The van der Waals surface area contributed by atoms with E-state index in [-0.39, 0.29) is 13.1 Å². The van der Waals surface area contributed by atoms with Crippen LogP contribution in [0.3, 0.4) is 0 Å². The van der Waals surface area contributed by atoms with Gasteiger partial charge >= 0.3 is 0 Å². The number of nitrogens with zero attached hydrogens (tertiary/aromatic N) is 6. The largest absolute Gasteiger partial charge is 0.354 e. The Kier molecular flexibility index (Phi) is 5.74. The molecule has 2 aromatic carbocycles. The first-order valence-corrected chi connectivity index (χ1v) is 12.2. The molecule has 8 nitrogen and oxygen atoms in total. The molecular formula is C23H22F2N6O2S. The number of anilines is 1. The SMILES string of the molecule is Cc1nc2ncnn2c(N2CCN(S(=O)(=O)c3ccc(F)cc3F)CC2)c1Cc1ccccc1. The summed E-state index contributed by atoms with van der Waals surface area (Å²) in [4.78, 5) is 10.3. The van der Waals surface area contributed by atoms with Gasteiger partial charge in [-0.1, -0.05) is 30.3 Å². The number of hydrogen-bond donors (Lipinski definition) is 0. The molecule has 5 rings (SSSR count). The zero-order valence-electron chi connectivity index (χ0n) is 18.4. The lowest BCUT2D eigenvalue weighted by Gasteiger charge is -2.36. The molecule has 3 heterocycles. The molecule has 34 heavy (non-hydrogen) atoms. The lowest BCUT2D eigenvalue weighted by molar-refractivity contribution is 0.380. The molecule has 4 aromatic rings. The standard InChI is InChI=1S/C23H22F2N6O2S/c1-16-19(13-17-5-3-2-4-6-17)22(31-23(28-16)26-15-27-31)29-9-11-30(12-10-29)34(32,33)21-8-7-18(24)14-20(21)25/h2-8,14-15H,9-13H2,1H3. The van der Waals surface area contributed by atoms with Crippen molar-refractivity contribution in [3.63, 3.8) is 0 Å². The van der Waals surface area contributed by atoms with Crippen LogP contribution in [-0.2, 0) is 16.4 Å². The third-order valence-electron chi connectivity index (χ3n) is 5.98. The Bertz CT molecular complexity index is 1450. The van der Waals surface area contributed by atoms with Crippen LogP contribution in [-0.4, -0.2) is 58.5 Å². The minimum Gasteiger partial charge on any atom is -0.354 e. The molecule has 0 bridgehead atoms. The van der Waals surface area contributed by atoms with E-state index in [0.29, 0.717) is 31.4 Å². The van der Waals surface area contributed by atoms with E-state index in [1.165, 1.54) is 10.6 Å². The van der Waals surface area contributed by atoms with Gasteiger partial charge in [0.25, 0.3) is 5.78 Å². The minimum absolute atomic E-state index is 0.140. The lowest BCUT2D eigenvalue weighted by atomic mass is 10.0. The van der Waals surface area contributed by atoms with Gasteiger partial charge in [0.2, 0.25) is 10.0 Å². The van der Waals surface area contributed by atoms with E-state index in [0.717, 1.165) is 34.8 Å². The van der Waals surface area contributed by atoms with Gasteiger partial charge in [0.15, 0.2) is 0 Å². The van der Waals surface area contributed by atoms with Crippen LogP contribution in [0.2, 0.25) is 0 Å². The fourth-order valence-corrected chi connectivity index (χ4v) is 5.73. The fourth-order valence-electron chi connectivity index (χ4n) is 4.26. The maximum Gasteiger partial charge on any atom is 0.254 e. The van der Waals surface area contributed by atoms with E-state index in [2.05, 4.69) is 20.0 Å². The first-order chi connectivity index (χ1) is 16.3. The van der Waals surface area contributed by atoms with Crippen molar-refractivity contribution in [1.29, 1.82) is 0 Å². The van der Waals surface area contributed by atoms with Crippen molar-refractivity contribution in [1.82, 2.24) is 23.9 Å². The predicted molar refractivity (Wildman–Crippen MR) is 122 cm³/mol. The molecule has 1 fully saturated rings. The van der Waals surface area contributed by atoms with Crippen LogP contribution in [0, 0.1) is 18.6 Å². The highest BCUT2D eigenvalue weighted by Crippen LogP contribution is 2.28. The Balaban J connectivity index is 1.46. The fraction of sp³-hybridized carbons (Fsp3) is 0.261. The molecule has 1 saturated heterocycles. The molecule has 0 atom stereocenters. The molecule has 176 valence electrons. The van der Waals surface area contributed by atoms with Gasteiger partial charge in [-0.15, -0.1) is 0 Å². The first kappa shape index (κ1) is 22.4. The van der Waals surface area contributed by atoms with E-state index >= 15 is 0 Å². The molecule has 1 aliphatic heterocycles. The van der Waals surface area contributed by atoms with Crippen LogP contribution in [0.15, 0.2) is 59.8 Å². The summed E-state index contributed by atoms with van der Waals surface area (Å²) in [6, 6.07) is 12.5. The highest BCUT2D eigenvalue weighted by atomic mass is 32.2. The van der Waals surface area contributed by atoms with E-state index in [9.17, 15) is 17.2 Å². The molecule has 1 aliphatic rings. The quantitative estimate of drug-likeness (QED) is 0.433. The van der Waals surface area contributed by atoms with Crippen LogP contribution in [0.4, 0.5) is 14.6 Å². The predicted octanol–water partition coefficient (Wildman–Crippen LogP) is 2.81. The maximum atomic E-state index is 14.2. The van der Waals surface area contributed by atoms with Gasteiger partial charge in [0.05, 0.1) is 0 Å². The van der Waals surface area contributed by atoms with Crippen molar-refractivity contribution in [3.05, 3.63) is 83.3 Å². The number of fused-ring (bicyclic) bond motifs is 1. The average Bonchev–Trinajstić information content (AvgIpc) is 3.28. The van der Waals surface area contributed by atoms with Crippen molar-refractivity contribution in [2.24, 2.45) is 0 Å². The average molecular weight is 485 g/mol. The Morgan fingerprint density at radius 2 is 1.74 bits per heavy atom. The topological polar surface area (TPSA) is 83.7 Å². The molecule has 0 N–H and O–H groups in total. The van der Waals surface area contributed by atoms with Crippen LogP contribution in [0.5, 0.6) is 0 Å². The summed E-state index contributed by atoms with van der Waals surface area (Å²) in [5, 5.41) is 4.36. The number of aryl methyl sites for hydroxylation is 1. The van der Waals surface area contributed by atoms with Crippen LogP contribution in [0.1, 0.15) is 16.8 Å². The van der Waals surface area contributed by atoms with Crippen molar-refractivity contribution < 1.29 is 17.2 Å². The number of sulfonamides is 1. The number of benzene rings is 2. The van der Waals surface area contributed by atoms with Gasteiger partial charge in [-0.2, -0.15) is 18.9 Å². The van der Waals surface area contributed by atoms with E-state index in [1.807, 2.05) is 37.3 Å².